The Hall–Kier alpha value is 0.120. The lowest BCUT2D eigenvalue weighted by Gasteiger charge is -2.33. The molecule has 0 radical (unpaired) electrons. The van der Waals surface area contributed by atoms with E-state index in [1.54, 1.807) is 11.4 Å². The van der Waals surface area contributed by atoms with E-state index in [0.717, 1.165) is 25.8 Å². The lowest BCUT2D eigenvalue weighted by atomic mass is 10.0. The van der Waals surface area contributed by atoms with Gasteiger partial charge in [0, 0.05) is 32.6 Å². The number of hydrogen-bond acceptors (Lipinski definition) is 3. The Balaban J connectivity index is 2.53. The molecule has 0 aliphatic carbocycles. The molecule has 7 heteroatoms. The van der Waals surface area contributed by atoms with Crippen LogP contribution in [0, 0.1) is 5.92 Å². The Morgan fingerprint density at radius 3 is 2.53 bits per heavy atom. The van der Waals surface area contributed by atoms with Gasteiger partial charge in [0.25, 0.3) is 10.2 Å². The summed E-state index contributed by atoms with van der Waals surface area (Å²) in [7, 11) is 2.33. The predicted molar refractivity (Wildman–Crippen MR) is 79.7 cm³/mol. The minimum atomic E-state index is -3.31. The normalized spacial score (nSPS) is 22.3. The highest BCUT2D eigenvalue weighted by atomic mass is 35.5. The van der Waals surface area contributed by atoms with Crippen molar-refractivity contribution in [3.05, 3.63) is 0 Å². The van der Waals surface area contributed by atoms with Gasteiger partial charge in [-0.3, -0.25) is 0 Å². The van der Waals surface area contributed by atoms with E-state index < -0.39 is 10.2 Å². The van der Waals surface area contributed by atoms with Crippen LogP contribution in [-0.4, -0.2) is 75.1 Å². The molecule has 0 amide bonds. The summed E-state index contributed by atoms with van der Waals surface area (Å²) in [6.07, 6.45) is 2.78. The Morgan fingerprint density at radius 1 is 1.26 bits per heavy atom. The number of piperidine rings is 1. The summed E-state index contributed by atoms with van der Waals surface area (Å²) in [6, 6.07) is 0. The molecule has 1 aliphatic rings. The van der Waals surface area contributed by atoms with E-state index in [9.17, 15) is 8.42 Å². The zero-order valence-electron chi connectivity index (χ0n) is 12.2. The van der Waals surface area contributed by atoms with Gasteiger partial charge in [0.15, 0.2) is 0 Å². The van der Waals surface area contributed by atoms with Gasteiger partial charge >= 0.3 is 0 Å². The van der Waals surface area contributed by atoms with E-state index in [0.29, 0.717) is 31.4 Å². The van der Waals surface area contributed by atoms with Crippen molar-refractivity contribution in [2.45, 2.75) is 19.3 Å². The molecule has 0 N–H and O–H groups in total. The lowest BCUT2D eigenvalue weighted by molar-refractivity contribution is 0.263. The third kappa shape index (κ3) is 5.19. The minimum Gasteiger partial charge on any atom is -0.309 e. The molecule has 1 fully saturated rings. The fourth-order valence-electron chi connectivity index (χ4n) is 2.28. The Bertz CT molecular complexity index is 362. The van der Waals surface area contributed by atoms with E-state index in [2.05, 4.69) is 4.90 Å². The fraction of sp³-hybridized carbons (Fsp3) is 1.00. The van der Waals surface area contributed by atoms with Crippen molar-refractivity contribution in [3.63, 3.8) is 0 Å². The number of hydrogen-bond donors (Lipinski definition) is 0. The van der Waals surface area contributed by atoms with Crippen molar-refractivity contribution >= 4 is 21.8 Å². The van der Waals surface area contributed by atoms with E-state index in [-0.39, 0.29) is 0 Å². The van der Waals surface area contributed by atoms with Gasteiger partial charge in [-0.2, -0.15) is 17.0 Å². The van der Waals surface area contributed by atoms with Crippen molar-refractivity contribution in [2.75, 3.05) is 53.2 Å². The van der Waals surface area contributed by atoms with Crippen LogP contribution in [0.25, 0.3) is 0 Å². The first-order chi connectivity index (χ1) is 8.87. The van der Waals surface area contributed by atoms with Crippen molar-refractivity contribution in [1.29, 1.82) is 0 Å². The third-order valence-electron chi connectivity index (χ3n) is 3.50. The molecule has 5 nitrogen and oxygen atoms in total. The molecule has 1 heterocycles. The minimum absolute atomic E-state index is 0.292. The summed E-state index contributed by atoms with van der Waals surface area (Å²) < 4.78 is 27.9. The first-order valence-electron chi connectivity index (χ1n) is 6.80. The van der Waals surface area contributed by atoms with Crippen LogP contribution in [0.4, 0.5) is 0 Å². The zero-order valence-corrected chi connectivity index (χ0v) is 13.8. The summed E-state index contributed by atoms with van der Waals surface area (Å²) >= 11 is 5.85. The molecule has 1 saturated heterocycles. The topological polar surface area (TPSA) is 43.9 Å². The van der Waals surface area contributed by atoms with E-state index in [1.165, 1.54) is 4.31 Å². The SMILES string of the molecule is CN(C)CCCN(C)S(=O)(=O)N1CCCC(CCl)C1. The molecule has 1 aliphatic heterocycles. The highest BCUT2D eigenvalue weighted by molar-refractivity contribution is 7.86. The largest absolute Gasteiger partial charge is 0.309 e. The lowest BCUT2D eigenvalue weighted by Crippen LogP contribution is -2.47. The molecule has 19 heavy (non-hydrogen) atoms. The maximum atomic E-state index is 12.4. The number of nitrogens with zero attached hydrogens (tertiary/aromatic N) is 3. The van der Waals surface area contributed by atoms with Crippen molar-refractivity contribution < 1.29 is 8.42 Å². The van der Waals surface area contributed by atoms with Crippen LogP contribution in [0.2, 0.25) is 0 Å². The summed E-state index contributed by atoms with van der Waals surface area (Å²) in [5, 5.41) is 0. The molecule has 0 aromatic rings. The van der Waals surface area contributed by atoms with Gasteiger partial charge in [0.05, 0.1) is 0 Å². The number of halogens is 1. The fourth-order valence-corrected chi connectivity index (χ4v) is 4.05. The Kier molecular flexibility index (Phi) is 7.04. The zero-order chi connectivity index (χ0) is 14.5. The van der Waals surface area contributed by atoms with Gasteiger partial charge in [-0.25, -0.2) is 0 Å². The van der Waals surface area contributed by atoms with Gasteiger partial charge in [-0.1, -0.05) is 0 Å². The van der Waals surface area contributed by atoms with Gasteiger partial charge < -0.3 is 4.90 Å². The molecule has 0 aromatic carbocycles. The van der Waals surface area contributed by atoms with Crippen LogP contribution < -0.4 is 0 Å². The van der Waals surface area contributed by atoms with Crippen LogP contribution in [0.1, 0.15) is 19.3 Å². The Labute approximate surface area is 122 Å². The highest BCUT2D eigenvalue weighted by Gasteiger charge is 2.31. The number of alkyl halides is 1. The van der Waals surface area contributed by atoms with E-state index in [1.807, 2.05) is 14.1 Å². The van der Waals surface area contributed by atoms with Crippen LogP contribution in [0.5, 0.6) is 0 Å². The standard InChI is InChI=1S/C12H26ClN3O2S/c1-14(2)7-5-8-15(3)19(17,18)16-9-4-6-12(10-13)11-16/h12H,4-11H2,1-3H3. The third-order valence-corrected chi connectivity index (χ3v) is 5.89. The summed E-state index contributed by atoms with van der Waals surface area (Å²) in [6.45, 7) is 2.63. The van der Waals surface area contributed by atoms with Crippen molar-refractivity contribution in [1.82, 2.24) is 13.5 Å². The van der Waals surface area contributed by atoms with Crippen molar-refractivity contribution in [2.24, 2.45) is 5.92 Å². The predicted octanol–water partition coefficient (Wildman–Crippen LogP) is 1.07. The molecular formula is C12H26ClN3O2S. The molecule has 1 rings (SSSR count). The maximum absolute atomic E-state index is 12.4. The highest BCUT2D eigenvalue weighted by Crippen LogP contribution is 2.21. The monoisotopic (exact) mass is 311 g/mol. The average molecular weight is 312 g/mol. The first-order valence-corrected chi connectivity index (χ1v) is 8.73. The first kappa shape index (κ1) is 17.2. The van der Waals surface area contributed by atoms with Crippen LogP contribution in [0.15, 0.2) is 0 Å². The summed E-state index contributed by atoms with van der Waals surface area (Å²) in [5.41, 5.74) is 0. The molecule has 1 unspecified atom stereocenters. The second-order valence-corrected chi connectivity index (χ2v) is 7.85. The van der Waals surface area contributed by atoms with Crippen LogP contribution >= 0.6 is 11.6 Å². The molecule has 0 spiro atoms. The average Bonchev–Trinajstić information content (AvgIpc) is 2.38. The number of rotatable bonds is 7. The molecule has 0 bridgehead atoms. The summed E-state index contributed by atoms with van der Waals surface area (Å²) in [4.78, 5) is 2.06. The molecule has 0 saturated carbocycles. The van der Waals surface area contributed by atoms with Gasteiger partial charge in [0.1, 0.15) is 0 Å². The Morgan fingerprint density at radius 2 is 1.95 bits per heavy atom. The van der Waals surface area contributed by atoms with Gasteiger partial charge in [0.2, 0.25) is 0 Å². The second kappa shape index (κ2) is 7.78. The second-order valence-electron chi connectivity index (χ2n) is 5.51. The molecule has 114 valence electrons. The molecule has 0 aromatic heterocycles. The quantitative estimate of drug-likeness (QED) is 0.661. The molecule has 1 atom stereocenters. The summed E-state index contributed by atoms with van der Waals surface area (Å²) in [5.74, 6) is 0.830. The maximum Gasteiger partial charge on any atom is 0.281 e. The van der Waals surface area contributed by atoms with Crippen LogP contribution in [0.3, 0.4) is 0 Å². The van der Waals surface area contributed by atoms with E-state index in [4.69, 9.17) is 11.6 Å². The van der Waals surface area contributed by atoms with E-state index >= 15 is 0 Å². The molecular weight excluding hydrogens is 286 g/mol. The van der Waals surface area contributed by atoms with Gasteiger partial charge in [-0.15, -0.1) is 11.6 Å². The smallest absolute Gasteiger partial charge is 0.281 e. The van der Waals surface area contributed by atoms with Gasteiger partial charge in [-0.05, 0) is 45.8 Å². The van der Waals surface area contributed by atoms with Crippen molar-refractivity contribution in [3.8, 4) is 0 Å². The van der Waals surface area contributed by atoms with Crippen LogP contribution in [-0.2, 0) is 10.2 Å².